The smallest absolute Gasteiger partial charge is 0.137 e. The lowest BCUT2D eigenvalue weighted by molar-refractivity contribution is 0.315. The van der Waals surface area contributed by atoms with Gasteiger partial charge < -0.3 is 10.5 Å². The lowest BCUT2D eigenvalue weighted by atomic mass is 9.99. The topological polar surface area (TPSA) is 48.1 Å². The molecule has 1 atom stereocenters. The fourth-order valence-corrected chi connectivity index (χ4v) is 1.96. The molecule has 4 heteroatoms. The molecule has 0 aliphatic heterocycles. The molecule has 0 aliphatic rings. The number of nitrogens with two attached hydrogens (primary N) is 1. The molecule has 2 N–H and O–H groups in total. The van der Waals surface area contributed by atoms with Crippen LogP contribution in [0.2, 0.25) is 0 Å². The first-order valence-corrected chi connectivity index (χ1v) is 6.71. The lowest BCUT2D eigenvalue weighted by Crippen LogP contribution is -2.13. The van der Waals surface area contributed by atoms with E-state index in [2.05, 4.69) is 4.98 Å². The Bertz CT molecular complexity index is 586. The fourth-order valence-electron chi connectivity index (χ4n) is 1.96. The van der Waals surface area contributed by atoms with Crippen LogP contribution in [0.3, 0.4) is 0 Å². The lowest BCUT2D eigenvalue weighted by Gasteiger charge is -2.14. The van der Waals surface area contributed by atoms with E-state index in [0.717, 1.165) is 17.5 Å². The number of halogens is 1. The monoisotopic (exact) mass is 274 g/mol. The first-order valence-electron chi connectivity index (χ1n) is 6.71. The van der Waals surface area contributed by atoms with Crippen LogP contribution in [-0.4, -0.2) is 11.6 Å². The highest BCUT2D eigenvalue weighted by Gasteiger charge is 2.11. The Kier molecular flexibility index (Phi) is 4.69. The summed E-state index contributed by atoms with van der Waals surface area (Å²) in [5.74, 6) is 0.484. The van der Waals surface area contributed by atoms with Gasteiger partial charge in [-0.15, -0.1) is 0 Å². The average molecular weight is 274 g/mol. The first kappa shape index (κ1) is 14.5. The summed E-state index contributed by atoms with van der Waals surface area (Å²) in [6.45, 7) is 4.42. The number of rotatable bonds is 5. The van der Waals surface area contributed by atoms with Gasteiger partial charge in [0.25, 0.3) is 0 Å². The molecule has 1 aromatic carbocycles. The zero-order valence-electron chi connectivity index (χ0n) is 11.8. The molecule has 3 nitrogen and oxygen atoms in total. The molecule has 20 heavy (non-hydrogen) atoms. The van der Waals surface area contributed by atoms with Crippen LogP contribution < -0.4 is 10.5 Å². The summed E-state index contributed by atoms with van der Waals surface area (Å²) < 4.78 is 18.8. The maximum Gasteiger partial charge on any atom is 0.137 e. The second-order valence-corrected chi connectivity index (χ2v) is 4.79. The molecule has 0 saturated heterocycles. The second kappa shape index (κ2) is 6.48. The highest BCUT2D eigenvalue weighted by atomic mass is 19.1. The van der Waals surface area contributed by atoms with Crippen molar-refractivity contribution < 1.29 is 9.13 Å². The van der Waals surface area contributed by atoms with Crippen LogP contribution in [0.4, 0.5) is 4.39 Å². The van der Waals surface area contributed by atoms with Gasteiger partial charge in [-0.05, 0) is 42.2 Å². The van der Waals surface area contributed by atoms with Crippen LogP contribution in [0.15, 0.2) is 36.7 Å². The van der Waals surface area contributed by atoms with E-state index < -0.39 is 0 Å². The number of aromatic nitrogens is 1. The summed E-state index contributed by atoms with van der Waals surface area (Å²) in [5.41, 5.74) is 8.51. The minimum atomic E-state index is -0.341. The third-order valence-corrected chi connectivity index (χ3v) is 3.11. The number of hydrogen-bond acceptors (Lipinski definition) is 3. The van der Waals surface area contributed by atoms with Crippen molar-refractivity contribution in [2.75, 3.05) is 6.61 Å². The van der Waals surface area contributed by atoms with Gasteiger partial charge in [0.05, 0.1) is 18.8 Å². The molecule has 0 saturated carbocycles. The van der Waals surface area contributed by atoms with Crippen molar-refractivity contribution in [1.29, 1.82) is 0 Å². The third-order valence-electron chi connectivity index (χ3n) is 3.11. The molecule has 1 heterocycles. The Labute approximate surface area is 118 Å². The van der Waals surface area contributed by atoms with Crippen molar-refractivity contribution >= 4 is 0 Å². The van der Waals surface area contributed by atoms with E-state index in [0.29, 0.717) is 17.9 Å². The molecular weight excluding hydrogens is 255 g/mol. The number of ether oxygens (including phenoxy) is 1. The molecule has 0 radical (unpaired) electrons. The Morgan fingerprint density at radius 1 is 1.25 bits per heavy atom. The SMILES string of the molecule is CCCOc1cncc(C(N)c2ccc(F)c(C)c2)c1. The van der Waals surface area contributed by atoms with Gasteiger partial charge in [-0.1, -0.05) is 19.1 Å². The molecular formula is C16H19FN2O. The molecule has 2 rings (SSSR count). The van der Waals surface area contributed by atoms with Crippen LogP contribution in [0.1, 0.15) is 36.1 Å². The largest absolute Gasteiger partial charge is 0.492 e. The van der Waals surface area contributed by atoms with Gasteiger partial charge in [-0.2, -0.15) is 0 Å². The molecule has 0 fully saturated rings. The van der Waals surface area contributed by atoms with Crippen molar-refractivity contribution in [2.45, 2.75) is 26.3 Å². The van der Waals surface area contributed by atoms with E-state index in [1.165, 1.54) is 6.07 Å². The number of aryl methyl sites for hydroxylation is 1. The van der Waals surface area contributed by atoms with E-state index >= 15 is 0 Å². The standard InChI is InChI=1S/C16H19FN2O/c1-3-6-20-14-8-13(9-19-10-14)16(18)12-4-5-15(17)11(2)7-12/h4-5,7-10,16H,3,6,18H2,1-2H3. The number of pyridine rings is 1. The summed E-state index contributed by atoms with van der Waals surface area (Å²) in [4.78, 5) is 4.15. The van der Waals surface area contributed by atoms with E-state index in [1.54, 1.807) is 31.5 Å². The summed E-state index contributed by atoms with van der Waals surface area (Å²) in [6.07, 6.45) is 4.32. The van der Waals surface area contributed by atoms with E-state index in [1.807, 2.05) is 13.0 Å². The Hall–Kier alpha value is -1.94. The Balaban J connectivity index is 2.23. The van der Waals surface area contributed by atoms with Crippen LogP contribution in [0, 0.1) is 12.7 Å². The second-order valence-electron chi connectivity index (χ2n) is 4.79. The minimum Gasteiger partial charge on any atom is -0.492 e. The fraction of sp³-hybridized carbons (Fsp3) is 0.312. The summed E-state index contributed by atoms with van der Waals surface area (Å²) in [7, 11) is 0. The molecule has 1 aromatic heterocycles. The highest BCUT2D eigenvalue weighted by Crippen LogP contribution is 2.23. The van der Waals surface area contributed by atoms with E-state index in [9.17, 15) is 4.39 Å². The van der Waals surface area contributed by atoms with Crippen molar-refractivity contribution in [3.8, 4) is 5.75 Å². The molecule has 0 amide bonds. The molecule has 1 unspecified atom stereocenters. The van der Waals surface area contributed by atoms with Gasteiger partial charge in [-0.3, -0.25) is 4.98 Å². The Morgan fingerprint density at radius 3 is 2.75 bits per heavy atom. The van der Waals surface area contributed by atoms with Crippen LogP contribution >= 0.6 is 0 Å². The predicted molar refractivity (Wildman–Crippen MR) is 77.2 cm³/mol. The third kappa shape index (κ3) is 3.33. The van der Waals surface area contributed by atoms with Crippen molar-refractivity contribution in [1.82, 2.24) is 4.98 Å². The summed E-state index contributed by atoms with van der Waals surface area (Å²) in [6, 6.07) is 6.44. The first-order chi connectivity index (χ1) is 9.61. The van der Waals surface area contributed by atoms with Crippen LogP contribution in [-0.2, 0) is 0 Å². The van der Waals surface area contributed by atoms with E-state index in [4.69, 9.17) is 10.5 Å². The maximum absolute atomic E-state index is 13.3. The van der Waals surface area contributed by atoms with Gasteiger partial charge >= 0.3 is 0 Å². The van der Waals surface area contributed by atoms with Crippen LogP contribution in [0.25, 0.3) is 0 Å². The summed E-state index contributed by atoms with van der Waals surface area (Å²) in [5, 5.41) is 0. The zero-order valence-corrected chi connectivity index (χ0v) is 11.8. The maximum atomic E-state index is 13.3. The zero-order chi connectivity index (χ0) is 14.5. The quantitative estimate of drug-likeness (QED) is 0.909. The van der Waals surface area contributed by atoms with Crippen LogP contribution in [0.5, 0.6) is 5.75 Å². The van der Waals surface area contributed by atoms with E-state index in [-0.39, 0.29) is 11.9 Å². The molecule has 0 spiro atoms. The number of hydrogen-bond donors (Lipinski definition) is 1. The van der Waals surface area contributed by atoms with Crippen molar-refractivity contribution in [2.24, 2.45) is 5.73 Å². The molecule has 2 aromatic rings. The molecule has 106 valence electrons. The molecule has 0 bridgehead atoms. The predicted octanol–water partition coefficient (Wildman–Crippen LogP) is 3.37. The van der Waals surface area contributed by atoms with Gasteiger partial charge in [0.15, 0.2) is 0 Å². The van der Waals surface area contributed by atoms with Gasteiger partial charge in [-0.25, -0.2) is 4.39 Å². The molecule has 0 aliphatic carbocycles. The average Bonchev–Trinajstić information content (AvgIpc) is 2.47. The van der Waals surface area contributed by atoms with Crippen molar-refractivity contribution in [3.63, 3.8) is 0 Å². The van der Waals surface area contributed by atoms with Gasteiger partial charge in [0.1, 0.15) is 11.6 Å². The minimum absolute atomic E-state index is 0.223. The Morgan fingerprint density at radius 2 is 2.05 bits per heavy atom. The van der Waals surface area contributed by atoms with Gasteiger partial charge in [0.2, 0.25) is 0 Å². The number of benzene rings is 1. The van der Waals surface area contributed by atoms with Crippen molar-refractivity contribution in [3.05, 3.63) is 59.2 Å². The van der Waals surface area contributed by atoms with Gasteiger partial charge in [0, 0.05) is 6.20 Å². The normalized spacial score (nSPS) is 12.2. The highest BCUT2D eigenvalue weighted by molar-refractivity contribution is 5.35. The number of nitrogens with zero attached hydrogens (tertiary/aromatic N) is 1. The summed E-state index contributed by atoms with van der Waals surface area (Å²) >= 11 is 0.